The average Bonchev–Trinajstić information content (AvgIpc) is 3.38. The van der Waals surface area contributed by atoms with E-state index in [0.717, 1.165) is 31.8 Å². The molecule has 152 valence electrons. The molecule has 29 heavy (non-hydrogen) atoms. The standard InChI is InChI=1S/C20H23N5O3S/c1-13-6-8-24(9-7-13)17(18-3-2-10-29-18)12-21-20(26)19-15-11-14(25(27)28)4-5-16(15)22-23-19/h2-5,10-11,13,17H,6-9,12H2,1H3,(H,21,26)(H,22,23). The maximum atomic E-state index is 12.8. The maximum absolute atomic E-state index is 12.8. The van der Waals surface area contributed by atoms with Crippen LogP contribution in [0.1, 0.15) is 41.2 Å². The number of carbonyl (C=O) groups is 1. The predicted molar refractivity (Wildman–Crippen MR) is 112 cm³/mol. The summed E-state index contributed by atoms with van der Waals surface area (Å²) in [5.74, 6) is 0.403. The number of likely N-dealkylation sites (tertiary alicyclic amines) is 1. The lowest BCUT2D eigenvalue weighted by atomic mass is 9.97. The number of nitro groups is 1. The Morgan fingerprint density at radius 2 is 2.21 bits per heavy atom. The van der Waals surface area contributed by atoms with E-state index < -0.39 is 4.92 Å². The molecule has 1 unspecified atom stereocenters. The summed E-state index contributed by atoms with van der Waals surface area (Å²) in [6.07, 6.45) is 2.31. The van der Waals surface area contributed by atoms with Gasteiger partial charge >= 0.3 is 0 Å². The highest BCUT2D eigenvalue weighted by atomic mass is 32.1. The number of hydrogen-bond acceptors (Lipinski definition) is 6. The lowest BCUT2D eigenvalue weighted by Crippen LogP contribution is -2.41. The first-order valence-electron chi connectivity index (χ1n) is 9.71. The van der Waals surface area contributed by atoms with E-state index >= 15 is 0 Å². The van der Waals surface area contributed by atoms with Gasteiger partial charge in [-0.2, -0.15) is 5.10 Å². The molecule has 8 nitrogen and oxygen atoms in total. The van der Waals surface area contributed by atoms with Gasteiger partial charge in [-0.1, -0.05) is 13.0 Å². The van der Waals surface area contributed by atoms with Gasteiger partial charge in [-0.25, -0.2) is 0 Å². The highest BCUT2D eigenvalue weighted by molar-refractivity contribution is 7.10. The summed E-state index contributed by atoms with van der Waals surface area (Å²) in [7, 11) is 0. The molecule has 0 spiro atoms. The number of nitro benzene ring substituents is 1. The first-order valence-corrected chi connectivity index (χ1v) is 10.6. The van der Waals surface area contributed by atoms with Crippen LogP contribution in [-0.2, 0) is 0 Å². The SMILES string of the molecule is CC1CCN(C(CNC(=O)c2n[nH]c3ccc([N+](=O)[O-])cc23)c2cccs2)CC1. The van der Waals surface area contributed by atoms with E-state index in [-0.39, 0.29) is 23.3 Å². The quantitative estimate of drug-likeness (QED) is 0.473. The van der Waals surface area contributed by atoms with Crippen molar-refractivity contribution in [3.05, 3.63) is 56.4 Å². The number of piperidine rings is 1. The van der Waals surface area contributed by atoms with E-state index in [4.69, 9.17) is 0 Å². The summed E-state index contributed by atoms with van der Waals surface area (Å²) in [4.78, 5) is 27.1. The molecular formula is C20H23N5O3S. The number of non-ortho nitro benzene ring substituents is 1. The largest absolute Gasteiger partial charge is 0.349 e. The molecule has 1 amide bonds. The highest BCUT2D eigenvalue weighted by Crippen LogP contribution is 2.29. The van der Waals surface area contributed by atoms with Crippen molar-refractivity contribution in [1.82, 2.24) is 20.4 Å². The Morgan fingerprint density at radius 1 is 1.41 bits per heavy atom. The van der Waals surface area contributed by atoms with Crippen LogP contribution in [0.5, 0.6) is 0 Å². The summed E-state index contributed by atoms with van der Waals surface area (Å²) in [6.45, 7) is 4.77. The minimum Gasteiger partial charge on any atom is -0.349 e. The number of H-pyrrole nitrogens is 1. The van der Waals surface area contributed by atoms with Crippen LogP contribution in [0.4, 0.5) is 5.69 Å². The number of nitrogens with zero attached hydrogens (tertiary/aromatic N) is 3. The summed E-state index contributed by atoms with van der Waals surface area (Å²) in [6, 6.07) is 8.60. The Kier molecular flexibility index (Phi) is 5.59. The van der Waals surface area contributed by atoms with Crippen molar-refractivity contribution in [1.29, 1.82) is 0 Å². The number of aromatic amines is 1. The van der Waals surface area contributed by atoms with Gasteiger partial charge in [-0.05, 0) is 49.4 Å². The Labute approximate surface area is 172 Å². The van der Waals surface area contributed by atoms with Crippen LogP contribution in [0.15, 0.2) is 35.7 Å². The van der Waals surface area contributed by atoms with Gasteiger partial charge in [0.2, 0.25) is 0 Å². The molecule has 1 saturated heterocycles. The van der Waals surface area contributed by atoms with Gasteiger partial charge in [0.1, 0.15) is 0 Å². The average molecular weight is 414 g/mol. The molecule has 4 rings (SSSR count). The molecular weight excluding hydrogens is 390 g/mol. The fourth-order valence-corrected chi connectivity index (χ4v) is 4.65. The van der Waals surface area contributed by atoms with Gasteiger partial charge in [0.15, 0.2) is 5.69 Å². The molecule has 2 aromatic heterocycles. The highest BCUT2D eigenvalue weighted by Gasteiger charge is 2.26. The molecule has 1 aromatic carbocycles. The van der Waals surface area contributed by atoms with Crippen molar-refractivity contribution in [2.75, 3.05) is 19.6 Å². The summed E-state index contributed by atoms with van der Waals surface area (Å²) in [5, 5.41) is 23.4. The smallest absolute Gasteiger partial charge is 0.272 e. The van der Waals surface area contributed by atoms with Crippen LogP contribution in [0, 0.1) is 16.0 Å². The monoisotopic (exact) mass is 413 g/mol. The Balaban J connectivity index is 1.52. The van der Waals surface area contributed by atoms with Crippen molar-refractivity contribution < 1.29 is 9.72 Å². The third-order valence-corrected chi connectivity index (χ3v) is 6.53. The van der Waals surface area contributed by atoms with E-state index in [1.54, 1.807) is 17.4 Å². The lowest BCUT2D eigenvalue weighted by molar-refractivity contribution is -0.384. The van der Waals surface area contributed by atoms with Crippen LogP contribution >= 0.6 is 11.3 Å². The Morgan fingerprint density at radius 3 is 2.90 bits per heavy atom. The third-order valence-electron chi connectivity index (χ3n) is 5.56. The van der Waals surface area contributed by atoms with E-state index in [2.05, 4.69) is 38.8 Å². The molecule has 0 saturated carbocycles. The molecule has 3 heterocycles. The Hall–Kier alpha value is -2.78. The Bertz CT molecular complexity index is 1010. The second kappa shape index (κ2) is 8.30. The zero-order chi connectivity index (χ0) is 20.4. The van der Waals surface area contributed by atoms with E-state index in [1.807, 2.05) is 6.07 Å². The van der Waals surface area contributed by atoms with Gasteiger partial charge < -0.3 is 5.32 Å². The van der Waals surface area contributed by atoms with Crippen molar-refractivity contribution in [2.45, 2.75) is 25.8 Å². The van der Waals surface area contributed by atoms with Gasteiger partial charge in [-0.3, -0.25) is 24.9 Å². The summed E-state index contributed by atoms with van der Waals surface area (Å²) in [5.41, 5.74) is 0.716. The van der Waals surface area contributed by atoms with Crippen molar-refractivity contribution >= 4 is 33.8 Å². The number of benzene rings is 1. The zero-order valence-corrected chi connectivity index (χ0v) is 16.9. The fourth-order valence-electron chi connectivity index (χ4n) is 3.79. The fraction of sp³-hybridized carbons (Fsp3) is 0.400. The van der Waals surface area contributed by atoms with Crippen LogP contribution in [0.25, 0.3) is 10.9 Å². The molecule has 2 N–H and O–H groups in total. The third kappa shape index (κ3) is 4.15. The summed E-state index contributed by atoms with van der Waals surface area (Å²) < 4.78 is 0. The number of amides is 1. The second-order valence-corrected chi connectivity index (χ2v) is 8.50. The number of thiophene rings is 1. The van der Waals surface area contributed by atoms with Crippen LogP contribution < -0.4 is 5.32 Å². The second-order valence-electron chi connectivity index (χ2n) is 7.52. The zero-order valence-electron chi connectivity index (χ0n) is 16.1. The first kappa shape index (κ1) is 19.5. The van der Waals surface area contributed by atoms with Crippen LogP contribution in [0.2, 0.25) is 0 Å². The molecule has 1 aliphatic heterocycles. The predicted octanol–water partition coefficient (Wildman–Crippen LogP) is 3.74. The maximum Gasteiger partial charge on any atom is 0.272 e. The molecule has 9 heteroatoms. The number of fused-ring (bicyclic) bond motifs is 1. The molecule has 3 aromatic rings. The number of aromatic nitrogens is 2. The minimum absolute atomic E-state index is 0.0631. The van der Waals surface area contributed by atoms with E-state index in [9.17, 15) is 14.9 Å². The number of carbonyl (C=O) groups excluding carboxylic acids is 1. The lowest BCUT2D eigenvalue weighted by Gasteiger charge is -2.36. The molecule has 0 bridgehead atoms. The topological polar surface area (TPSA) is 104 Å². The van der Waals surface area contributed by atoms with Gasteiger partial charge in [-0.15, -0.1) is 11.3 Å². The molecule has 0 aliphatic carbocycles. The van der Waals surface area contributed by atoms with Crippen LogP contribution in [-0.4, -0.2) is 45.6 Å². The number of rotatable bonds is 6. The molecule has 1 atom stereocenters. The van der Waals surface area contributed by atoms with Crippen molar-refractivity contribution in [2.24, 2.45) is 5.92 Å². The van der Waals surface area contributed by atoms with Crippen LogP contribution in [0.3, 0.4) is 0 Å². The molecule has 0 radical (unpaired) electrons. The normalized spacial score (nSPS) is 16.7. The van der Waals surface area contributed by atoms with Gasteiger partial charge in [0.05, 0.1) is 16.5 Å². The minimum atomic E-state index is -0.474. The van der Waals surface area contributed by atoms with Crippen molar-refractivity contribution in [3.8, 4) is 0 Å². The molecule has 1 fully saturated rings. The van der Waals surface area contributed by atoms with Crippen molar-refractivity contribution in [3.63, 3.8) is 0 Å². The first-order chi connectivity index (χ1) is 14.0. The van der Waals surface area contributed by atoms with Gasteiger partial charge in [0, 0.05) is 28.9 Å². The van der Waals surface area contributed by atoms with E-state index in [1.165, 1.54) is 17.0 Å². The molecule has 1 aliphatic rings. The van der Waals surface area contributed by atoms with Gasteiger partial charge in [0.25, 0.3) is 11.6 Å². The number of hydrogen-bond donors (Lipinski definition) is 2. The van der Waals surface area contributed by atoms with E-state index in [0.29, 0.717) is 17.4 Å². The summed E-state index contributed by atoms with van der Waals surface area (Å²) >= 11 is 1.69. The number of nitrogens with one attached hydrogen (secondary N) is 2.